The normalized spacial score (nSPS) is 23.8. The van der Waals surface area contributed by atoms with E-state index >= 15 is 0 Å². The number of carbonyl (C=O) groups excluding carboxylic acids is 1. The molecule has 0 saturated heterocycles. The Morgan fingerprint density at radius 2 is 2.06 bits per heavy atom. The van der Waals surface area contributed by atoms with Gasteiger partial charge in [0.15, 0.2) is 0 Å². The molecule has 0 bridgehead atoms. The van der Waals surface area contributed by atoms with Crippen LogP contribution in [-0.4, -0.2) is 11.9 Å². The number of nitrogens with one attached hydrogen (secondary N) is 1. The molecule has 3 N–H and O–H groups in total. The number of amides is 1. The van der Waals surface area contributed by atoms with Gasteiger partial charge in [0.25, 0.3) is 0 Å². The van der Waals surface area contributed by atoms with Crippen LogP contribution in [-0.2, 0) is 11.3 Å². The number of rotatable bonds is 4. The molecule has 4 heteroatoms. The summed E-state index contributed by atoms with van der Waals surface area (Å²) >= 11 is 0. The van der Waals surface area contributed by atoms with Crippen molar-refractivity contribution in [2.24, 2.45) is 11.7 Å². The number of halogens is 1. The maximum Gasteiger partial charge on any atom is 0.222 e. The minimum absolute atomic E-state index is 0.0795. The highest BCUT2D eigenvalue weighted by atomic mass is 19.1. The van der Waals surface area contributed by atoms with Crippen molar-refractivity contribution in [3.63, 3.8) is 0 Å². The molecule has 2 rings (SSSR count). The van der Waals surface area contributed by atoms with Crippen LogP contribution in [0, 0.1) is 11.7 Å². The van der Waals surface area contributed by atoms with Crippen LogP contribution >= 0.6 is 0 Å². The topological polar surface area (TPSA) is 55.1 Å². The third kappa shape index (κ3) is 3.07. The van der Waals surface area contributed by atoms with E-state index in [0.29, 0.717) is 12.1 Å². The predicted molar refractivity (Wildman–Crippen MR) is 68.2 cm³/mol. The Hall–Kier alpha value is -1.42. The summed E-state index contributed by atoms with van der Waals surface area (Å²) in [5.41, 5.74) is 6.03. The largest absolute Gasteiger partial charge is 0.369 e. The molecule has 1 aromatic carbocycles. The Morgan fingerprint density at radius 3 is 2.78 bits per heavy atom. The predicted octanol–water partition coefficient (Wildman–Crippen LogP) is 1.96. The smallest absolute Gasteiger partial charge is 0.222 e. The quantitative estimate of drug-likeness (QED) is 0.858. The molecular weight excluding hydrogens is 231 g/mol. The lowest BCUT2D eigenvalue weighted by atomic mass is 9.84. The molecule has 0 radical (unpaired) electrons. The molecule has 1 amide bonds. The average Bonchev–Trinajstić information content (AvgIpc) is 2.38. The van der Waals surface area contributed by atoms with Crippen LogP contribution in [0.4, 0.5) is 4.39 Å². The molecule has 0 unspecified atom stereocenters. The van der Waals surface area contributed by atoms with Crippen LogP contribution < -0.4 is 11.1 Å². The summed E-state index contributed by atoms with van der Waals surface area (Å²) in [6, 6.07) is 6.77. The van der Waals surface area contributed by atoms with E-state index in [1.54, 1.807) is 12.1 Å². The summed E-state index contributed by atoms with van der Waals surface area (Å²) in [7, 11) is 0. The second kappa shape index (κ2) is 5.96. The Kier molecular flexibility index (Phi) is 4.31. The highest BCUT2D eigenvalue weighted by Crippen LogP contribution is 2.24. The molecule has 3 nitrogen and oxygen atoms in total. The van der Waals surface area contributed by atoms with Crippen LogP contribution in [0.2, 0.25) is 0 Å². The molecule has 18 heavy (non-hydrogen) atoms. The first-order chi connectivity index (χ1) is 8.68. The van der Waals surface area contributed by atoms with Crippen molar-refractivity contribution in [1.82, 2.24) is 5.32 Å². The number of benzene rings is 1. The van der Waals surface area contributed by atoms with Gasteiger partial charge in [-0.2, -0.15) is 0 Å². The van der Waals surface area contributed by atoms with Gasteiger partial charge in [0.2, 0.25) is 5.91 Å². The molecule has 98 valence electrons. The fraction of sp³-hybridized carbons (Fsp3) is 0.500. The monoisotopic (exact) mass is 250 g/mol. The van der Waals surface area contributed by atoms with Gasteiger partial charge >= 0.3 is 0 Å². The van der Waals surface area contributed by atoms with Crippen molar-refractivity contribution in [3.05, 3.63) is 35.6 Å². The van der Waals surface area contributed by atoms with Gasteiger partial charge in [-0.3, -0.25) is 4.79 Å². The third-order valence-corrected chi connectivity index (χ3v) is 3.64. The van der Waals surface area contributed by atoms with Crippen LogP contribution in [0.1, 0.15) is 31.2 Å². The van der Waals surface area contributed by atoms with Gasteiger partial charge in [0.1, 0.15) is 5.82 Å². The van der Waals surface area contributed by atoms with Gasteiger partial charge in [-0.15, -0.1) is 0 Å². The van der Waals surface area contributed by atoms with Crippen LogP contribution in [0.3, 0.4) is 0 Å². The first kappa shape index (κ1) is 13.0. The van der Waals surface area contributed by atoms with Gasteiger partial charge in [0, 0.05) is 18.2 Å². The molecule has 0 aromatic heterocycles. The molecule has 2 atom stereocenters. The first-order valence-corrected chi connectivity index (χ1v) is 6.44. The molecule has 0 aliphatic heterocycles. The molecule has 1 aliphatic carbocycles. The fourth-order valence-corrected chi connectivity index (χ4v) is 2.60. The number of nitrogens with two attached hydrogens (primary N) is 1. The maximum atomic E-state index is 13.5. The second-order valence-corrected chi connectivity index (χ2v) is 4.87. The highest BCUT2D eigenvalue weighted by Gasteiger charge is 2.28. The van der Waals surface area contributed by atoms with Crippen LogP contribution in [0.15, 0.2) is 24.3 Å². The van der Waals surface area contributed by atoms with Gasteiger partial charge in [0.05, 0.1) is 5.92 Å². The molecule has 1 aliphatic rings. The number of carbonyl (C=O) groups is 1. The minimum Gasteiger partial charge on any atom is -0.369 e. The molecule has 0 spiro atoms. The first-order valence-electron chi connectivity index (χ1n) is 6.44. The third-order valence-electron chi connectivity index (χ3n) is 3.64. The number of primary amides is 1. The summed E-state index contributed by atoms with van der Waals surface area (Å²) in [5, 5.41) is 3.27. The molecule has 1 aromatic rings. The van der Waals surface area contributed by atoms with E-state index < -0.39 is 0 Å². The van der Waals surface area contributed by atoms with E-state index in [1.807, 2.05) is 6.07 Å². The summed E-state index contributed by atoms with van der Waals surface area (Å²) in [6.45, 7) is 0.446. The second-order valence-electron chi connectivity index (χ2n) is 4.87. The van der Waals surface area contributed by atoms with Gasteiger partial charge < -0.3 is 11.1 Å². The van der Waals surface area contributed by atoms with Crippen LogP contribution in [0.25, 0.3) is 0 Å². The lowest BCUT2D eigenvalue weighted by molar-refractivity contribution is -0.123. The van der Waals surface area contributed by atoms with Gasteiger partial charge in [-0.05, 0) is 18.9 Å². The standard InChI is InChI=1S/C14H19FN2O/c15-12-7-3-1-5-10(12)9-17-13-8-4-2-6-11(13)14(16)18/h1,3,5,7,11,13,17H,2,4,6,8-9H2,(H2,16,18)/t11-,13+/m1/s1. The molecular formula is C14H19FN2O. The highest BCUT2D eigenvalue weighted by molar-refractivity contribution is 5.77. The lowest BCUT2D eigenvalue weighted by Gasteiger charge is -2.30. The van der Waals surface area contributed by atoms with Crippen LogP contribution in [0.5, 0.6) is 0 Å². The zero-order chi connectivity index (χ0) is 13.0. The van der Waals surface area contributed by atoms with Crippen molar-refractivity contribution >= 4 is 5.91 Å². The van der Waals surface area contributed by atoms with E-state index in [2.05, 4.69) is 5.32 Å². The number of hydrogen-bond acceptors (Lipinski definition) is 2. The van der Waals surface area contributed by atoms with Gasteiger partial charge in [-0.25, -0.2) is 4.39 Å². The minimum atomic E-state index is -0.249. The summed E-state index contributed by atoms with van der Waals surface area (Å²) in [4.78, 5) is 11.4. The van der Waals surface area contributed by atoms with Gasteiger partial charge in [-0.1, -0.05) is 31.0 Å². The number of hydrogen-bond donors (Lipinski definition) is 2. The zero-order valence-corrected chi connectivity index (χ0v) is 10.4. The van der Waals surface area contributed by atoms with Crippen molar-refractivity contribution in [3.8, 4) is 0 Å². The molecule has 0 heterocycles. The van der Waals surface area contributed by atoms with E-state index in [-0.39, 0.29) is 23.7 Å². The maximum absolute atomic E-state index is 13.5. The molecule has 1 saturated carbocycles. The SMILES string of the molecule is NC(=O)[C@@H]1CCCC[C@@H]1NCc1ccccc1F. The Bertz CT molecular complexity index is 422. The Labute approximate surface area is 107 Å². The van der Waals surface area contributed by atoms with Crippen molar-refractivity contribution in [2.75, 3.05) is 0 Å². The Morgan fingerprint density at radius 1 is 1.33 bits per heavy atom. The van der Waals surface area contributed by atoms with E-state index in [9.17, 15) is 9.18 Å². The zero-order valence-electron chi connectivity index (χ0n) is 10.4. The Balaban J connectivity index is 1.96. The van der Waals surface area contributed by atoms with E-state index in [1.165, 1.54) is 6.07 Å². The van der Waals surface area contributed by atoms with Crippen molar-refractivity contribution in [1.29, 1.82) is 0 Å². The van der Waals surface area contributed by atoms with E-state index in [4.69, 9.17) is 5.73 Å². The fourth-order valence-electron chi connectivity index (χ4n) is 2.60. The van der Waals surface area contributed by atoms with E-state index in [0.717, 1.165) is 25.7 Å². The molecule has 1 fully saturated rings. The summed E-state index contributed by atoms with van der Waals surface area (Å²) < 4.78 is 13.5. The average molecular weight is 250 g/mol. The van der Waals surface area contributed by atoms with Crippen molar-refractivity contribution in [2.45, 2.75) is 38.3 Å². The lowest BCUT2D eigenvalue weighted by Crippen LogP contribution is -2.44. The summed E-state index contributed by atoms with van der Waals surface area (Å²) in [5.74, 6) is -0.581. The summed E-state index contributed by atoms with van der Waals surface area (Å²) in [6.07, 6.45) is 3.91. The van der Waals surface area contributed by atoms with Crippen molar-refractivity contribution < 1.29 is 9.18 Å².